The van der Waals surface area contributed by atoms with Crippen molar-refractivity contribution < 1.29 is 9.53 Å². The van der Waals surface area contributed by atoms with Gasteiger partial charge in [-0.1, -0.05) is 13.3 Å². The molecular formula is C20H23N3O2. The molecule has 2 aliphatic heterocycles. The molecule has 4 rings (SSSR count). The first-order valence-electron chi connectivity index (χ1n) is 9.12. The molecule has 0 aliphatic carbocycles. The van der Waals surface area contributed by atoms with Crippen LogP contribution in [0.1, 0.15) is 60.3 Å². The molecule has 1 aromatic carbocycles. The monoisotopic (exact) mass is 337 g/mol. The highest BCUT2D eigenvalue weighted by Gasteiger charge is 2.43. The van der Waals surface area contributed by atoms with Gasteiger partial charge >= 0.3 is 0 Å². The molecule has 0 N–H and O–H groups in total. The van der Waals surface area contributed by atoms with Crippen molar-refractivity contribution >= 4 is 5.91 Å². The zero-order chi connectivity index (χ0) is 17.2. The summed E-state index contributed by atoms with van der Waals surface area (Å²) in [7, 11) is 0. The van der Waals surface area contributed by atoms with Gasteiger partial charge in [-0.25, -0.2) is 9.97 Å². The van der Waals surface area contributed by atoms with Gasteiger partial charge in [0.15, 0.2) is 0 Å². The van der Waals surface area contributed by atoms with E-state index in [9.17, 15) is 4.79 Å². The molecule has 2 aliphatic rings. The van der Waals surface area contributed by atoms with Gasteiger partial charge in [-0.15, -0.1) is 0 Å². The van der Waals surface area contributed by atoms with Gasteiger partial charge in [-0.2, -0.15) is 0 Å². The van der Waals surface area contributed by atoms with Gasteiger partial charge in [0, 0.05) is 29.8 Å². The maximum atomic E-state index is 13.1. The van der Waals surface area contributed by atoms with Crippen LogP contribution in [0.25, 0.3) is 0 Å². The smallest absolute Gasteiger partial charge is 0.254 e. The molecule has 1 saturated heterocycles. The molecule has 0 saturated carbocycles. The van der Waals surface area contributed by atoms with E-state index < -0.39 is 0 Å². The van der Waals surface area contributed by atoms with Crippen LogP contribution in [-0.2, 0) is 6.42 Å². The van der Waals surface area contributed by atoms with Gasteiger partial charge in [0.25, 0.3) is 5.91 Å². The summed E-state index contributed by atoms with van der Waals surface area (Å²) in [4.78, 5) is 23.7. The molecule has 2 atom stereocenters. The Balaban J connectivity index is 1.52. The number of carbonyl (C=O) groups excluding carboxylic acids is 1. The van der Waals surface area contributed by atoms with E-state index >= 15 is 0 Å². The molecular weight excluding hydrogens is 314 g/mol. The number of aromatic nitrogens is 2. The standard InChI is InChI=1S/C20H23N3O2/c1-2-3-10-25-16-7-4-14(5-8-16)20(24)23-15-6-9-19(23)17-12-21-13-22-18(17)11-15/h4-5,7-8,12-13,15,19H,2-3,6,9-11H2,1H3. The number of nitrogens with zero attached hydrogens (tertiary/aromatic N) is 3. The molecule has 1 amide bonds. The molecule has 25 heavy (non-hydrogen) atoms. The topological polar surface area (TPSA) is 55.3 Å². The largest absolute Gasteiger partial charge is 0.494 e. The molecule has 0 spiro atoms. The number of amides is 1. The van der Waals surface area contributed by atoms with Crippen molar-refractivity contribution in [2.24, 2.45) is 0 Å². The maximum absolute atomic E-state index is 13.1. The second-order valence-corrected chi connectivity index (χ2v) is 6.81. The van der Waals surface area contributed by atoms with Crippen LogP contribution >= 0.6 is 0 Å². The quantitative estimate of drug-likeness (QED) is 0.783. The Bertz CT molecular complexity index is 760. The highest BCUT2D eigenvalue weighted by molar-refractivity contribution is 5.95. The molecule has 5 heteroatoms. The Kier molecular flexibility index (Phi) is 4.38. The van der Waals surface area contributed by atoms with E-state index in [4.69, 9.17) is 4.74 Å². The molecule has 3 heterocycles. The Morgan fingerprint density at radius 3 is 2.92 bits per heavy atom. The number of carbonyl (C=O) groups is 1. The van der Waals surface area contributed by atoms with E-state index in [1.54, 1.807) is 6.33 Å². The van der Waals surface area contributed by atoms with Crippen molar-refractivity contribution in [3.8, 4) is 5.75 Å². The van der Waals surface area contributed by atoms with Crippen LogP contribution in [0.2, 0.25) is 0 Å². The van der Waals surface area contributed by atoms with Gasteiger partial charge < -0.3 is 9.64 Å². The van der Waals surface area contributed by atoms with Crippen LogP contribution in [-0.4, -0.2) is 33.4 Å². The average Bonchev–Trinajstić information content (AvgIpc) is 2.97. The Morgan fingerprint density at radius 1 is 1.28 bits per heavy atom. The lowest BCUT2D eigenvalue weighted by molar-refractivity contribution is 0.0643. The SMILES string of the molecule is CCCCOc1ccc(C(=O)N2C3CCC2c2cncnc2C3)cc1. The summed E-state index contributed by atoms with van der Waals surface area (Å²) in [6.07, 6.45) is 8.49. The number of unbranched alkanes of at least 4 members (excludes halogenated alkanes) is 1. The lowest BCUT2D eigenvalue weighted by atomic mass is 9.98. The van der Waals surface area contributed by atoms with Crippen LogP contribution < -0.4 is 4.74 Å². The van der Waals surface area contributed by atoms with Crippen molar-refractivity contribution in [2.45, 2.75) is 51.1 Å². The van der Waals surface area contributed by atoms with Crippen LogP contribution in [0.4, 0.5) is 0 Å². The van der Waals surface area contributed by atoms with Gasteiger partial charge in [0.2, 0.25) is 0 Å². The van der Waals surface area contributed by atoms with E-state index in [1.165, 1.54) is 0 Å². The van der Waals surface area contributed by atoms with Gasteiger partial charge in [-0.05, 0) is 43.5 Å². The highest BCUT2D eigenvalue weighted by Crippen LogP contribution is 2.43. The summed E-state index contributed by atoms with van der Waals surface area (Å²) in [6, 6.07) is 7.90. The number of benzene rings is 1. The normalized spacial score (nSPS) is 21.1. The number of rotatable bonds is 5. The molecule has 5 nitrogen and oxygen atoms in total. The van der Waals surface area contributed by atoms with Crippen LogP contribution in [0.15, 0.2) is 36.8 Å². The van der Waals surface area contributed by atoms with Gasteiger partial charge in [-0.3, -0.25) is 4.79 Å². The Morgan fingerprint density at radius 2 is 2.12 bits per heavy atom. The zero-order valence-electron chi connectivity index (χ0n) is 14.5. The van der Waals surface area contributed by atoms with E-state index in [0.717, 1.165) is 61.3 Å². The first-order chi connectivity index (χ1) is 12.3. The number of fused-ring (bicyclic) bond motifs is 4. The van der Waals surface area contributed by atoms with Crippen LogP contribution in [0, 0.1) is 0 Å². The van der Waals surface area contributed by atoms with E-state index in [2.05, 4.69) is 16.9 Å². The fraction of sp³-hybridized carbons (Fsp3) is 0.450. The third-order valence-electron chi connectivity index (χ3n) is 5.22. The summed E-state index contributed by atoms with van der Waals surface area (Å²) < 4.78 is 5.69. The van der Waals surface area contributed by atoms with Crippen LogP contribution in [0.5, 0.6) is 5.75 Å². The fourth-order valence-electron chi connectivity index (χ4n) is 3.91. The average molecular weight is 337 g/mol. The van der Waals surface area contributed by atoms with E-state index in [-0.39, 0.29) is 18.0 Å². The van der Waals surface area contributed by atoms with E-state index in [0.29, 0.717) is 0 Å². The molecule has 2 unspecified atom stereocenters. The third kappa shape index (κ3) is 2.99. The summed E-state index contributed by atoms with van der Waals surface area (Å²) in [5.41, 5.74) is 2.94. The second kappa shape index (κ2) is 6.82. The van der Waals surface area contributed by atoms with Crippen molar-refractivity contribution in [2.75, 3.05) is 6.61 Å². The first-order valence-corrected chi connectivity index (χ1v) is 9.12. The van der Waals surface area contributed by atoms with Crippen molar-refractivity contribution in [3.63, 3.8) is 0 Å². The minimum Gasteiger partial charge on any atom is -0.494 e. The highest BCUT2D eigenvalue weighted by atomic mass is 16.5. The summed E-state index contributed by atoms with van der Waals surface area (Å²) in [5, 5.41) is 0. The number of ether oxygens (including phenoxy) is 1. The molecule has 0 radical (unpaired) electrons. The summed E-state index contributed by atoms with van der Waals surface area (Å²) >= 11 is 0. The van der Waals surface area contributed by atoms with E-state index in [1.807, 2.05) is 35.4 Å². The zero-order valence-corrected chi connectivity index (χ0v) is 14.5. The lowest BCUT2D eigenvalue weighted by Gasteiger charge is -2.35. The van der Waals surface area contributed by atoms with Crippen LogP contribution in [0.3, 0.4) is 0 Å². The lowest BCUT2D eigenvalue weighted by Crippen LogP contribution is -2.42. The van der Waals surface area contributed by atoms with Gasteiger partial charge in [0.05, 0.1) is 18.3 Å². The predicted molar refractivity (Wildman–Crippen MR) is 94.5 cm³/mol. The minimum atomic E-state index is 0.0992. The molecule has 1 fully saturated rings. The number of hydrogen-bond acceptors (Lipinski definition) is 4. The first kappa shape index (κ1) is 16.1. The predicted octanol–water partition coefficient (Wildman–Crippen LogP) is 3.56. The number of hydrogen-bond donors (Lipinski definition) is 0. The van der Waals surface area contributed by atoms with Crippen molar-refractivity contribution in [1.82, 2.24) is 14.9 Å². The van der Waals surface area contributed by atoms with Gasteiger partial charge in [0.1, 0.15) is 12.1 Å². The summed E-state index contributed by atoms with van der Waals surface area (Å²) in [5.74, 6) is 0.924. The molecule has 130 valence electrons. The van der Waals surface area contributed by atoms with Crippen molar-refractivity contribution in [3.05, 3.63) is 53.6 Å². The maximum Gasteiger partial charge on any atom is 0.254 e. The Labute approximate surface area is 148 Å². The minimum absolute atomic E-state index is 0.0992. The fourth-order valence-corrected chi connectivity index (χ4v) is 3.91. The van der Waals surface area contributed by atoms with Crippen molar-refractivity contribution in [1.29, 1.82) is 0 Å². The molecule has 1 aromatic heterocycles. The molecule has 2 bridgehead atoms. The molecule has 2 aromatic rings. The summed E-state index contributed by atoms with van der Waals surface area (Å²) in [6.45, 7) is 2.86. The Hall–Kier alpha value is -2.43. The second-order valence-electron chi connectivity index (χ2n) is 6.81. The third-order valence-corrected chi connectivity index (χ3v) is 5.22.